The molecule has 9 nitrogen and oxygen atoms in total. The molecule has 1 saturated heterocycles. The standard InChI is InChI=1S/C16H21N7O2/c1-10(2)23-16-13(15(17)18-9-19-16)14(20-23)12-7-11(25-21-12)8-22-3-5-24-6-4-22/h7,9-10H,3-6,8H2,1-2H3,(H2,17,18,19). The average Bonchev–Trinajstić information content (AvgIpc) is 3.21. The molecule has 0 saturated carbocycles. The summed E-state index contributed by atoms with van der Waals surface area (Å²) in [5.74, 6) is 1.18. The van der Waals surface area contributed by atoms with Crippen molar-refractivity contribution in [2.24, 2.45) is 0 Å². The lowest BCUT2D eigenvalue weighted by Gasteiger charge is -2.25. The quantitative estimate of drug-likeness (QED) is 0.759. The predicted octanol–water partition coefficient (Wildman–Crippen LogP) is 1.48. The summed E-state index contributed by atoms with van der Waals surface area (Å²) in [6.45, 7) is 8.06. The highest BCUT2D eigenvalue weighted by molar-refractivity contribution is 5.97. The van der Waals surface area contributed by atoms with E-state index in [1.807, 2.05) is 24.6 Å². The molecular formula is C16H21N7O2. The lowest BCUT2D eigenvalue weighted by atomic mass is 10.2. The normalized spacial score (nSPS) is 16.1. The number of morpholine rings is 1. The van der Waals surface area contributed by atoms with Crippen LogP contribution in [0.15, 0.2) is 16.9 Å². The van der Waals surface area contributed by atoms with Gasteiger partial charge in [-0.25, -0.2) is 14.6 Å². The second kappa shape index (κ2) is 6.41. The largest absolute Gasteiger partial charge is 0.383 e. The van der Waals surface area contributed by atoms with E-state index >= 15 is 0 Å². The Morgan fingerprint density at radius 3 is 2.80 bits per heavy atom. The Labute approximate surface area is 144 Å². The Balaban J connectivity index is 1.70. The van der Waals surface area contributed by atoms with Gasteiger partial charge >= 0.3 is 0 Å². The highest BCUT2D eigenvalue weighted by Gasteiger charge is 2.22. The summed E-state index contributed by atoms with van der Waals surface area (Å²) in [5.41, 5.74) is 8.08. The molecule has 0 aliphatic carbocycles. The van der Waals surface area contributed by atoms with E-state index < -0.39 is 0 Å². The van der Waals surface area contributed by atoms with Gasteiger partial charge in [0.2, 0.25) is 0 Å². The molecule has 9 heteroatoms. The molecule has 0 amide bonds. The Morgan fingerprint density at radius 2 is 2.04 bits per heavy atom. The van der Waals surface area contributed by atoms with Crippen molar-refractivity contribution in [1.29, 1.82) is 0 Å². The monoisotopic (exact) mass is 343 g/mol. The fraction of sp³-hybridized carbons (Fsp3) is 0.500. The van der Waals surface area contributed by atoms with Crippen molar-refractivity contribution in [3.63, 3.8) is 0 Å². The van der Waals surface area contributed by atoms with Gasteiger partial charge in [-0.3, -0.25) is 4.90 Å². The van der Waals surface area contributed by atoms with Gasteiger partial charge in [0.25, 0.3) is 0 Å². The molecule has 0 unspecified atom stereocenters. The molecule has 0 spiro atoms. The summed E-state index contributed by atoms with van der Waals surface area (Å²) < 4.78 is 12.7. The molecule has 3 aromatic rings. The zero-order valence-electron chi connectivity index (χ0n) is 14.3. The van der Waals surface area contributed by atoms with Crippen LogP contribution in [0.1, 0.15) is 25.6 Å². The van der Waals surface area contributed by atoms with Crippen LogP contribution in [0, 0.1) is 0 Å². The third kappa shape index (κ3) is 2.96. The Hall–Kier alpha value is -2.52. The number of fused-ring (bicyclic) bond motifs is 1. The smallest absolute Gasteiger partial charge is 0.164 e. The van der Waals surface area contributed by atoms with Crippen LogP contribution in [0.5, 0.6) is 0 Å². The van der Waals surface area contributed by atoms with Crippen molar-refractivity contribution in [2.45, 2.75) is 26.4 Å². The topological polar surface area (TPSA) is 108 Å². The van der Waals surface area contributed by atoms with Crippen LogP contribution in [-0.4, -0.2) is 56.1 Å². The molecule has 1 aliphatic heterocycles. The number of rotatable bonds is 4. The molecule has 1 aliphatic rings. The minimum absolute atomic E-state index is 0.144. The lowest BCUT2D eigenvalue weighted by Crippen LogP contribution is -2.35. The molecule has 4 rings (SSSR count). The molecule has 4 heterocycles. The highest BCUT2D eigenvalue weighted by atomic mass is 16.5. The number of ether oxygens (including phenoxy) is 1. The molecule has 25 heavy (non-hydrogen) atoms. The first-order valence-corrected chi connectivity index (χ1v) is 8.38. The maximum absolute atomic E-state index is 6.08. The number of nitrogen functional groups attached to an aromatic ring is 1. The van der Waals surface area contributed by atoms with Crippen LogP contribution in [0.4, 0.5) is 5.82 Å². The summed E-state index contributed by atoms with van der Waals surface area (Å²) in [4.78, 5) is 10.7. The maximum atomic E-state index is 6.08. The minimum atomic E-state index is 0.144. The van der Waals surface area contributed by atoms with Gasteiger partial charge in [0.15, 0.2) is 11.4 Å². The van der Waals surface area contributed by atoms with Gasteiger partial charge in [0.05, 0.1) is 25.1 Å². The van der Waals surface area contributed by atoms with E-state index in [0.29, 0.717) is 34.8 Å². The van der Waals surface area contributed by atoms with E-state index in [1.165, 1.54) is 6.33 Å². The van der Waals surface area contributed by atoms with E-state index in [-0.39, 0.29) is 6.04 Å². The second-order valence-corrected chi connectivity index (χ2v) is 6.41. The predicted molar refractivity (Wildman–Crippen MR) is 91.7 cm³/mol. The molecule has 0 aromatic carbocycles. The molecule has 0 radical (unpaired) electrons. The van der Waals surface area contributed by atoms with Gasteiger partial charge < -0.3 is 15.0 Å². The van der Waals surface area contributed by atoms with Crippen molar-refractivity contribution < 1.29 is 9.26 Å². The minimum Gasteiger partial charge on any atom is -0.383 e. The van der Waals surface area contributed by atoms with E-state index in [2.05, 4.69) is 25.1 Å². The molecule has 3 aromatic heterocycles. The van der Waals surface area contributed by atoms with Gasteiger partial charge in [0, 0.05) is 25.2 Å². The van der Waals surface area contributed by atoms with Crippen LogP contribution >= 0.6 is 0 Å². The van der Waals surface area contributed by atoms with Crippen LogP contribution in [0.3, 0.4) is 0 Å². The third-order valence-corrected chi connectivity index (χ3v) is 4.29. The third-order valence-electron chi connectivity index (χ3n) is 4.29. The van der Waals surface area contributed by atoms with Crippen LogP contribution < -0.4 is 5.73 Å². The number of hydrogen-bond acceptors (Lipinski definition) is 8. The zero-order chi connectivity index (χ0) is 17.4. The molecule has 0 bridgehead atoms. The fourth-order valence-corrected chi connectivity index (χ4v) is 3.01. The summed E-state index contributed by atoms with van der Waals surface area (Å²) in [7, 11) is 0. The Kier molecular flexibility index (Phi) is 4.10. The average molecular weight is 343 g/mol. The Morgan fingerprint density at radius 1 is 1.24 bits per heavy atom. The molecule has 0 atom stereocenters. The number of nitrogens with two attached hydrogens (primary N) is 1. The number of hydrogen-bond donors (Lipinski definition) is 1. The highest BCUT2D eigenvalue weighted by Crippen LogP contribution is 2.31. The van der Waals surface area contributed by atoms with E-state index in [1.54, 1.807) is 0 Å². The van der Waals surface area contributed by atoms with Gasteiger partial charge in [-0.05, 0) is 13.8 Å². The van der Waals surface area contributed by atoms with E-state index in [0.717, 1.165) is 32.1 Å². The summed E-state index contributed by atoms with van der Waals surface area (Å²) in [6, 6.07) is 2.05. The summed E-state index contributed by atoms with van der Waals surface area (Å²) >= 11 is 0. The summed E-state index contributed by atoms with van der Waals surface area (Å²) in [5, 5.41) is 9.56. The van der Waals surface area contributed by atoms with Gasteiger partial charge in [-0.15, -0.1) is 0 Å². The number of aromatic nitrogens is 5. The van der Waals surface area contributed by atoms with Gasteiger partial charge in [-0.2, -0.15) is 5.10 Å². The van der Waals surface area contributed by atoms with Crippen molar-refractivity contribution >= 4 is 16.9 Å². The first kappa shape index (κ1) is 16.0. The molecule has 132 valence electrons. The molecular weight excluding hydrogens is 322 g/mol. The van der Waals surface area contributed by atoms with Crippen LogP contribution in [0.25, 0.3) is 22.4 Å². The maximum Gasteiger partial charge on any atom is 0.164 e. The fourth-order valence-electron chi connectivity index (χ4n) is 3.01. The van der Waals surface area contributed by atoms with Crippen LogP contribution in [0.2, 0.25) is 0 Å². The van der Waals surface area contributed by atoms with Gasteiger partial charge in [-0.1, -0.05) is 5.16 Å². The van der Waals surface area contributed by atoms with Crippen molar-refractivity contribution in [3.05, 3.63) is 18.2 Å². The first-order valence-electron chi connectivity index (χ1n) is 8.38. The number of anilines is 1. The van der Waals surface area contributed by atoms with E-state index in [9.17, 15) is 0 Å². The van der Waals surface area contributed by atoms with Crippen LogP contribution in [-0.2, 0) is 11.3 Å². The molecule has 1 fully saturated rings. The Bertz CT molecular complexity index is 880. The van der Waals surface area contributed by atoms with Crippen molar-refractivity contribution in [1.82, 2.24) is 29.8 Å². The van der Waals surface area contributed by atoms with Crippen molar-refractivity contribution in [3.8, 4) is 11.4 Å². The molecule has 2 N–H and O–H groups in total. The van der Waals surface area contributed by atoms with E-state index in [4.69, 9.17) is 15.0 Å². The lowest BCUT2D eigenvalue weighted by molar-refractivity contribution is 0.0305. The van der Waals surface area contributed by atoms with Crippen molar-refractivity contribution in [2.75, 3.05) is 32.0 Å². The van der Waals surface area contributed by atoms with Gasteiger partial charge in [0.1, 0.15) is 23.5 Å². The SMILES string of the molecule is CC(C)n1nc(-c2cc(CN3CCOCC3)on2)c2c(N)ncnc21. The number of nitrogens with zero attached hydrogens (tertiary/aromatic N) is 6. The first-order chi connectivity index (χ1) is 12.1. The summed E-state index contributed by atoms with van der Waals surface area (Å²) in [6.07, 6.45) is 1.45. The zero-order valence-corrected chi connectivity index (χ0v) is 14.3. The second-order valence-electron chi connectivity index (χ2n) is 6.41.